The molecule has 1 N–H and O–H groups in total. The van der Waals surface area contributed by atoms with Gasteiger partial charge in [0.1, 0.15) is 6.61 Å². The zero-order chi connectivity index (χ0) is 18.5. The fourth-order valence-corrected chi connectivity index (χ4v) is 2.41. The normalized spacial score (nSPS) is 15.1. The molecular formula is C19H20N2O5. The molecule has 1 atom stereocenters. The Bertz CT molecular complexity index is 789. The number of nitrogens with zero attached hydrogens (tertiary/aromatic N) is 1. The Labute approximate surface area is 151 Å². The minimum Gasteiger partial charge on any atom is -0.485 e. The van der Waals surface area contributed by atoms with Crippen LogP contribution in [0.15, 0.2) is 48.5 Å². The van der Waals surface area contributed by atoms with Crippen LogP contribution in [0.25, 0.3) is 0 Å². The fourth-order valence-electron chi connectivity index (χ4n) is 2.41. The lowest BCUT2D eigenvalue weighted by atomic mass is 10.2. The predicted molar refractivity (Wildman–Crippen MR) is 96.7 cm³/mol. The first kappa shape index (κ1) is 17.6. The molecule has 0 unspecified atom stereocenters. The third-order valence-corrected chi connectivity index (χ3v) is 3.78. The van der Waals surface area contributed by atoms with Crippen LogP contribution in [0.1, 0.15) is 0 Å². The van der Waals surface area contributed by atoms with Crippen LogP contribution in [0.3, 0.4) is 0 Å². The van der Waals surface area contributed by atoms with Gasteiger partial charge in [0.15, 0.2) is 18.1 Å². The number of carbonyl (C=O) groups is 2. The minimum absolute atomic E-state index is 0.0451. The van der Waals surface area contributed by atoms with Gasteiger partial charge >= 0.3 is 5.97 Å². The molecular weight excluding hydrogens is 336 g/mol. The highest BCUT2D eigenvalue weighted by Gasteiger charge is 2.29. The summed E-state index contributed by atoms with van der Waals surface area (Å²) < 4.78 is 16.0. The lowest BCUT2D eigenvalue weighted by Crippen LogP contribution is -2.39. The van der Waals surface area contributed by atoms with E-state index in [1.165, 1.54) is 0 Å². The third-order valence-electron chi connectivity index (χ3n) is 3.78. The van der Waals surface area contributed by atoms with E-state index in [0.717, 1.165) is 5.69 Å². The summed E-state index contributed by atoms with van der Waals surface area (Å²) in [5.41, 5.74) is 1.65. The monoisotopic (exact) mass is 356 g/mol. The van der Waals surface area contributed by atoms with Crippen molar-refractivity contribution in [1.29, 1.82) is 0 Å². The van der Waals surface area contributed by atoms with E-state index in [0.29, 0.717) is 17.2 Å². The van der Waals surface area contributed by atoms with E-state index in [4.69, 9.17) is 14.2 Å². The van der Waals surface area contributed by atoms with Crippen LogP contribution < -0.4 is 19.7 Å². The number of ether oxygens (including phenoxy) is 3. The van der Waals surface area contributed by atoms with E-state index < -0.39 is 24.6 Å². The van der Waals surface area contributed by atoms with E-state index in [1.807, 2.05) is 37.2 Å². The average molecular weight is 356 g/mol. The van der Waals surface area contributed by atoms with Gasteiger partial charge < -0.3 is 24.4 Å². The summed E-state index contributed by atoms with van der Waals surface area (Å²) in [4.78, 5) is 26.0. The standard InChI is InChI=1S/C19H20N2O5/c1-21(2)14-9-7-13(8-10-14)20-18(22)12-25-19(23)17-11-24-15-5-3-4-6-16(15)26-17/h3-10,17H,11-12H2,1-2H3,(H,20,22)/t17-/m1/s1. The summed E-state index contributed by atoms with van der Waals surface area (Å²) in [6, 6.07) is 14.4. The van der Waals surface area contributed by atoms with Crippen molar-refractivity contribution in [3.05, 3.63) is 48.5 Å². The van der Waals surface area contributed by atoms with Crippen LogP contribution >= 0.6 is 0 Å². The van der Waals surface area contributed by atoms with E-state index in [2.05, 4.69) is 5.32 Å². The second-order valence-electron chi connectivity index (χ2n) is 5.96. The molecule has 0 saturated carbocycles. The van der Waals surface area contributed by atoms with E-state index in [1.54, 1.807) is 30.3 Å². The Morgan fingerprint density at radius 1 is 1.12 bits per heavy atom. The topological polar surface area (TPSA) is 77.1 Å². The van der Waals surface area contributed by atoms with E-state index >= 15 is 0 Å². The molecule has 2 aromatic carbocycles. The summed E-state index contributed by atoms with van der Waals surface area (Å²) in [6.45, 7) is -0.348. The van der Waals surface area contributed by atoms with Gasteiger partial charge in [0.05, 0.1) is 0 Å². The summed E-state index contributed by atoms with van der Waals surface area (Å²) >= 11 is 0. The van der Waals surface area contributed by atoms with Crippen molar-refractivity contribution < 1.29 is 23.8 Å². The number of hydrogen-bond donors (Lipinski definition) is 1. The van der Waals surface area contributed by atoms with Crippen LogP contribution in [0, 0.1) is 0 Å². The van der Waals surface area contributed by atoms with Crippen molar-refractivity contribution in [2.75, 3.05) is 37.5 Å². The molecule has 1 amide bonds. The molecule has 7 nitrogen and oxygen atoms in total. The number of nitrogens with one attached hydrogen (secondary N) is 1. The SMILES string of the molecule is CN(C)c1ccc(NC(=O)COC(=O)[C@H]2COc3ccccc3O2)cc1. The van der Waals surface area contributed by atoms with Gasteiger partial charge in [-0.3, -0.25) is 4.79 Å². The zero-order valence-corrected chi connectivity index (χ0v) is 14.6. The van der Waals surface area contributed by atoms with Gasteiger partial charge in [0.2, 0.25) is 6.10 Å². The zero-order valence-electron chi connectivity index (χ0n) is 14.6. The molecule has 7 heteroatoms. The quantitative estimate of drug-likeness (QED) is 0.827. The Morgan fingerprint density at radius 3 is 2.50 bits per heavy atom. The highest BCUT2D eigenvalue weighted by atomic mass is 16.6. The highest BCUT2D eigenvalue weighted by Crippen LogP contribution is 2.31. The van der Waals surface area contributed by atoms with Gasteiger partial charge in [-0.1, -0.05) is 12.1 Å². The molecule has 136 valence electrons. The van der Waals surface area contributed by atoms with Gasteiger partial charge in [-0.05, 0) is 36.4 Å². The lowest BCUT2D eigenvalue weighted by Gasteiger charge is -2.24. The first-order valence-electron chi connectivity index (χ1n) is 8.15. The first-order valence-corrected chi connectivity index (χ1v) is 8.15. The molecule has 0 aromatic heterocycles. The highest BCUT2D eigenvalue weighted by molar-refractivity contribution is 5.93. The Morgan fingerprint density at radius 2 is 1.81 bits per heavy atom. The Hall–Kier alpha value is -3.22. The maximum absolute atomic E-state index is 12.1. The van der Waals surface area contributed by atoms with Crippen molar-refractivity contribution in [2.24, 2.45) is 0 Å². The molecule has 3 rings (SSSR count). The van der Waals surface area contributed by atoms with Crippen molar-refractivity contribution in [1.82, 2.24) is 0 Å². The number of esters is 1. The number of hydrogen-bond acceptors (Lipinski definition) is 6. The van der Waals surface area contributed by atoms with Gasteiger partial charge in [-0.15, -0.1) is 0 Å². The largest absolute Gasteiger partial charge is 0.485 e. The van der Waals surface area contributed by atoms with Crippen LogP contribution in [-0.2, 0) is 14.3 Å². The Balaban J connectivity index is 1.48. The summed E-state index contributed by atoms with van der Waals surface area (Å²) in [5.74, 6) is -0.00714. The maximum Gasteiger partial charge on any atom is 0.351 e. The van der Waals surface area contributed by atoms with Crippen molar-refractivity contribution >= 4 is 23.3 Å². The molecule has 0 bridgehead atoms. The molecule has 1 aliphatic heterocycles. The van der Waals surface area contributed by atoms with Crippen molar-refractivity contribution in [3.63, 3.8) is 0 Å². The number of amides is 1. The molecule has 1 aliphatic rings. The van der Waals surface area contributed by atoms with Crippen LogP contribution in [0.4, 0.5) is 11.4 Å². The van der Waals surface area contributed by atoms with Crippen molar-refractivity contribution in [2.45, 2.75) is 6.10 Å². The smallest absolute Gasteiger partial charge is 0.351 e. The number of anilines is 2. The number of para-hydroxylation sites is 2. The maximum atomic E-state index is 12.1. The predicted octanol–water partition coefficient (Wildman–Crippen LogP) is 2.07. The number of rotatable bonds is 5. The first-order chi connectivity index (χ1) is 12.5. The van der Waals surface area contributed by atoms with Gasteiger partial charge in [-0.2, -0.15) is 0 Å². The van der Waals surface area contributed by atoms with E-state index in [-0.39, 0.29) is 6.61 Å². The molecule has 0 saturated heterocycles. The number of benzene rings is 2. The summed E-state index contributed by atoms with van der Waals surface area (Å²) in [6.07, 6.45) is -0.892. The summed E-state index contributed by atoms with van der Waals surface area (Å²) in [7, 11) is 3.87. The molecule has 0 aliphatic carbocycles. The summed E-state index contributed by atoms with van der Waals surface area (Å²) in [5, 5.41) is 2.68. The Kier molecular flexibility index (Phi) is 5.26. The number of fused-ring (bicyclic) bond motifs is 1. The second kappa shape index (κ2) is 7.77. The lowest BCUT2D eigenvalue weighted by molar-refractivity contribution is -0.156. The van der Waals surface area contributed by atoms with Gasteiger partial charge in [-0.25, -0.2) is 4.79 Å². The molecule has 2 aromatic rings. The molecule has 0 radical (unpaired) electrons. The molecule has 1 heterocycles. The minimum atomic E-state index is -0.892. The van der Waals surface area contributed by atoms with Crippen LogP contribution in [0.2, 0.25) is 0 Å². The average Bonchev–Trinajstić information content (AvgIpc) is 2.66. The third kappa shape index (κ3) is 4.24. The molecule has 26 heavy (non-hydrogen) atoms. The van der Waals surface area contributed by atoms with Gasteiger partial charge in [0, 0.05) is 25.5 Å². The van der Waals surface area contributed by atoms with E-state index in [9.17, 15) is 9.59 Å². The number of carbonyl (C=O) groups excluding carboxylic acids is 2. The van der Waals surface area contributed by atoms with Crippen LogP contribution in [-0.4, -0.2) is 45.3 Å². The molecule has 0 fully saturated rings. The fraction of sp³-hybridized carbons (Fsp3) is 0.263. The molecule has 0 spiro atoms. The van der Waals surface area contributed by atoms with Gasteiger partial charge in [0.25, 0.3) is 5.91 Å². The van der Waals surface area contributed by atoms with Crippen LogP contribution in [0.5, 0.6) is 11.5 Å². The van der Waals surface area contributed by atoms with Crippen molar-refractivity contribution in [3.8, 4) is 11.5 Å². The second-order valence-corrected chi connectivity index (χ2v) is 5.96.